The molecule has 176 valence electrons. The molecule has 34 heavy (non-hydrogen) atoms. The Morgan fingerprint density at radius 2 is 2.00 bits per heavy atom. The van der Waals surface area contributed by atoms with Gasteiger partial charge in [-0.15, -0.1) is 0 Å². The van der Waals surface area contributed by atoms with Crippen LogP contribution in [-0.2, 0) is 25.6 Å². The highest BCUT2D eigenvalue weighted by molar-refractivity contribution is 6.06. The fraction of sp³-hybridized carbons (Fsp3) is 0.292. The zero-order valence-corrected chi connectivity index (χ0v) is 18.4. The Kier molecular flexibility index (Phi) is 6.42. The number of carboxylic acids is 1. The van der Waals surface area contributed by atoms with Gasteiger partial charge in [0, 0.05) is 6.20 Å². The number of aliphatic hydroxyl groups excluding tert-OH is 1. The summed E-state index contributed by atoms with van der Waals surface area (Å²) >= 11 is 0. The molecule has 0 saturated carbocycles. The summed E-state index contributed by atoms with van der Waals surface area (Å²) in [5.41, 5.74) is 2.17. The quantitative estimate of drug-likeness (QED) is 0.422. The summed E-state index contributed by atoms with van der Waals surface area (Å²) in [5, 5.41) is 24.8. The zero-order chi connectivity index (χ0) is 24.4. The predicted octanol–water partition coefficient (Wildman–Crippen LogP) is 0.786. The molecule has 0 bridgehead atoms. The first-order valence-electron chi connectivity index (χ1n) is 10.8. The topological polar surface area (TPSA) is 149 Å². The van der Waals surface area contributed by atoms with Crippen LogP contribution >= 0.6 is 0 Å². The van der Waals surface area contributed by atoms with Crippen LogP contribution < -0.4 is 10.6 Å². The Labute approximate surface area is 195 Å². The van der Waals surface area contributed by atoms with Crippen molar-refractivity contribution < 1.29 is 29.4 Å². The summed E-state index contributed by atoms with van der Waals surface area (Å²) in [4.78, 5) is 53.8. The van der Waals surface area contributed by atoms with Crippen molar-refractivity contribution in [1.29, 1.82) is 0 Å². The lowest BCUT2D eigenvalue weighted by Gasteiger charge is -2.44. The van der Waals surface area contributed by atoms with Crippen molar-refractivity contribution in [1.82, 2.24) is 15.2 Å². The van der Waals surface area contributed by atoms with E-state index in [0.717, 1.165) is 0 Å². The van der Waals surface area contributed by atoms with E-state index in [1.54, 1.807) is 42.6 Å². The molecule has 2 aliphatic rings. The van der Waals surface area contributed by atoms with Crippen molar-refractivity contribution in [3.05, 3.63) is 65.6 Å². The van der Waals surface area contributed by atoms with E-state index >= 15 is 0 Å². The third kappa shape index (κ3) is 4.53. The van der Waals surface area contributed by atoms with Crippen molar-refractivity contribution in [2.45, 2.75) is 31.9 Å². The Balaban J connectivity index is 1.42. The van der Waals surface area contributed by atoms with Crippen molar-refractivity contribution in [2.24, 2.45) is 5.92 Å². The van der Waals surface area contributed by atoms with Crippen LogP contribution in [0.5, 0.6) is 0 Å². The number of nitrogens with zero attached hydrogens (tertiary/aromatic N) is 2. The minimum atomic E-state index is -1.21. The van der Waals surface area contributed by atoms with E-state index in [-0.39, 0.29) is 36.5 Å². The number of hydrogen-bond acceptors (Lipinski definition) is 6. The largest absolute Gasteiger partial charge is 0.477 e. The van der Waals surface area contributed by atoms with Crippen LogP contribution in [0.25, 0.3) is 5.57 Å². The smallest absolute Gasteiger partial charge is 0.352 e. The molecular formula is C24H24N4O6. The minimum absolute atomic E-state index is 0.00787. The molecule has 1 aromatic carbocycles. The highest BCUT2D eigenvalue weighted by Crippen LogP contribution is 2.46. The Bertz CT molecular complexity index is 1180. The minimum Gasteiger partial charge on any atom is -0.477 e. The van der Waals surface area contributed by atoms with Crippen LogP contribution in [0.15, 0.2) is 54.5 Å². The van der Waals surface area contributed by atoms with E-state index in [2.05, 4.69) is 15.6 Å². The summed E-state index contributed by atoms with van der Waals surface area (Å²) in [6, 6.07) is 9.85. The van der Waals surface area contributed by atoms with E-state index in [9.17, 15) is 29.4 Å². The number of carbonyl (C=O) groups excluding carboxylic acids is 3. The van der Waals surface area contributed by atoms with Crippen LogP contribution in [0.4, 0.5) is 5.69 Å². The van der Waals surface area contributed by atoms with Gasteiger partial charge in [-0.2, -0.15) is 0 Å². The number of carboxylic acid groups (broad SMARTS) is 1. The van der Waals surface area contributed by atoms with Crippen LogP contribution in [0.3, 0.4) is 0 Å². The summed E-state index contributed by atoms with van der Waals surface area (Å²) in [7, 11) is 0. The summed E-state index contributed by atoms with van der Waals surface area (Å²) in [5.74, 6) is -2.99. The molecule has 4 rings (SSSR count). The number of pyridine rings is 1. The van der Waals surface area contributed by atoms with Gasteiger partial charge in [0.2, 0.25) is 17.7 Å². The van der Waals surface area contributed by atoms with Crippen molar-refractivity contribution in [3.8, 4) is 0 Å². The second kappa shape index (κ2) is 9.44. The summed E-state index contributed by atoms with van der Waals surface area (Å²) in [6.07, 6.45) is 2.51. The van der Waals surface area contributed by atoms with E-state index in [1.165, 1.54) is 18.0 Å². The van der Waals surface area contributed by atoms with E-state index in [0.29, 0.717) is 28.8 Å². The number of aliphatic carboxylic acids is 1. The molecule has 1 saturated heterocycles. The van der Waals surface area contributed by atoms with Crippen LogP contribution in [0.1, 0.15) is 24.5 Å². The molecule has 3 amide bonds. The standard InChI is InChI=1S/C24H24N4O6/c1-13(29)21-18-10-17(22(24(33)34)28(18)23(21)32)15-5-2-4-14(8-15)9-19(30)26-12-20(31)27-16-6-3-7-25-11-16/h2-8,11,13,18,21,29H,9-10,12H2,1H3,(H,26,30)(H,27,31)(H,33,34)/t13-,18-,21-/m1/s1. The first-order valence-corrected chi connectivity index (χ1v) is 10.8. The highest BCUT2D eigenvalue weighted by Gasteiger charge is 2.56. The van der Waals surface area contributed by atoms with Crippen LogP contribution in [-0.4, -0.2) is 62.5 Å². The molecule has 10 nitrogen and oxygen atoms in total. The van der Waals surface area contributed by atoms with Gasteiger partial charge in [0.1, 0.15) is 5.70 Å². The Hall–Kier alpha value is -4.05. The second-order valence-corrected chi connectivity index (χ2v) is 8.32. The molecule has 0 aliphatic carbocycles. The van der Waals surface area contributed by atoms with E-state index in [1.807, 2.05) is 0 Å². The summed E-state index contributed by atoms with van der Waals surface area (Å²) in [6.45, 7) is 1.32. The number of aromatic nitrogens is 1. The Morgan fingerprint density at radius 3 is 2.68 bits per heavy atom. The van der Waals surface area contributed by atoms with Gasteiger partial charge in [0.15, 0.2) is 0 Å². The van der Waals surface area contributed by atoms with Crippen molar-refractivity contribution in [2.75, 3.05) is 11.9 Å². The molecule has 4 N–H and O–H groups in total. The lowest BCUT2D eigenvalue weighted by molar-refractivity contribution is -0.161. The number of β-lactam (4-membered cyclic amide) rings is 1. The van der Waals surface area contributed by atoms with Crippen molar-refractivity contribution in [3.63, 3.8) is 0 Å². The molecule has 1 fully saturated rings. The first-order chi connectivity index (χ1) is 16.3. The molecule has 3 heterocycles. The molecule has 1 aromatic heterocycles. The highest BCUT2D eigenvalue weighted by atomic mass is 16.4. The van der Waals surface area contributed by atoms with Gasteiger partial charge in [-0.1, -0.05) is 24.3 Å². The predicted molar refractivity (Wildman–Crippen MR) is 121 cm³/mol. The molecule has 0 radical (unpaired) electrons. The van der Waals surface area contributed by atoms with Crippen molar-refractivity contribution >= 4 is 35.0 Å². The maximum Gasteiger partial charge on any atom is 0.352 e. The molecule has 0 unspecified atom stereocenters. The number of aliphatic hydroxyl groups is 1. The SMILES string of the molecule is C[C@@H](O)[C@H]1C(=O)N2C(C(=O)O)=C(c3cccc(CC(=O)NCC(=O)Nc4cccnc4)c3)C[C@H]12. The lowest BCUT2D eigenvalue weighted by atomic mass is 9.82. The van der Waals surface area contributed by atoms with Gasteiger partial charge in [-0.25, -0.2) is 4.79 Å². The van der Waals surface area contributed by atoms with Gasteiger partial charge in [0.25, 0.3) is 0 Å². The third-order valence-corrected chi connectivity index (χ3v) is 5.96. The molecule has 2 aliphatic heterocycles. The lowest BCUT2D eigenvalue weighted by Crippen LogP contribution is -2.61. The number of amides is 3. The number of fused-ring (bicyclic) bond motifs is 1. The van der Waals surface area contributed by atoms with Gasteiger partial charge in [-0.3, -0.25) is 19.4 Å². The molecular weight excluding hydrogens is 440 g/mol. The number of hydrogen-bond donors (Lipinski definition) is 4. The fourth-order valence-electron chi connectivity index (χ4n) is 4.46. The monoisotopic (exact) mass is 464 g/mol. The van der Waals surface area contributed by atoms with Gasteiger partial charge in [0.05, 0.1) is 42.9 Å². The average Bonchev–Trinajstić information content (AvgIpc) is 3.14. The maximum atomic E-state index is 12.4. The number of carbonyl (C=O) groups is 4. The average molecular weight is 464 g/mol. The van der Waals surface area contributed by atoms with Gasteiger partial charge < -0.3 is 25.7 Å². The molecule has 3 atom stereocenters. The third-order valence-electron chi connectivity index (χ3n) is 5.96. The maximum absolute atomic E-state index is 12.4. The molecule has 10 heteroatoms. The zero-order valence-electron chi connectivity index (χ0n) is 18.4. The van der Waals surface area contributed by atoms with Gasteiger partial charge in [-0.05, 0) is 42.2 Å². The normalized spacial score (nSPS) is 19.8. The second-order valence-electron chi connectivity index (χ2n) is 8.32. The molecule has 2 aromatic rings. The van der Waals surface area contributed by atoms with E-state index < -0.39 is 23.9 Å². The summed E-state index contributed by atoms with van der Waals surface area (Å²) < 4.78 is 0. The van der Waals surface area contributed by atoms with Gasteiger partial charge >= 0.3 is 5.97 Å². The number of benzene rings is 1. The number of rotatable bonds is 8. The van der Waals surface area contributed by atoms with E-state index in [4.69, 9.17) is 0 Å². The Morgan fingerprint density at radius 1 is 1.21 bits per heavy atom. The number of nitrogens with one attached hydrogen (secondary N) is 2. The van der Waals surface area contributed by atoms with Crippen LogP contribution in [0, 0.1) is 5.92 Å². The fourth-order valence-corrected chi connectivity index (χ4v) is 4.46. The van der Waals surface area contributed by atoms with Crippen LogP contribution in [0.2, 0.25) is 0 Å². The molecule has 0 spiro atoms. The number of anilines is 1. The first kappa shape index (κ1) is 23.1.